The van der Waals surface area contributed by atoms with Crippen molar-refractivity contribution < 1.29 is 24.0 Å². The maximum Gasteiger partial charge on any atom is 0.269 e. The summed E-state index contributed by atoms with van der Waals surface area (Å²) in [6, 6.07) is 10.4. The number of carbonyl (C=O) groups is 2. The number of rotatable bonds is 8. The van der Waals surface area contributed by atoms with Gasteiger partial charge >= 0.3 is 0 Å². The van der Waals surface area contributed by atoms with Crippen LogP contribution < -0.4 is 14.8 Å². The third-order valence-corrected chi connectivity index (χ3v) is 3.82. The Labute approximate surface area is 168 Å². The van der Waals surface area contributed by atoms with E-state index in [-0.39, 0.29) is 17.4 Å². The van der Waals surface area contributed by atoms with Crippen molar-refractivity contribution in [1.82, 2.24) is 0 Å². The molecule has 0 unspecified atom stereocenters. The van der Waals surface area contributed by atoms with Crippen LogP contribution in [0.3, 0.4) is 0 Å². The zero-order valence-corrected chi connectivity index (χ0v) is 16.6. The number of ether oxygens (including phenoxy) is 2. The predicted octanol–water partition coefficient (Wildman–Crippen LogP) is 4.00. The Morgan fingerprint density at radius 3 is 2.28 bits per heavy atom. The summed E-state index contributed by atoms with van der Waals surface area (Å²) in [4.78, 5) is 34.8. The molecule has 2 rings (SSSR count). The molecular formula is C21H22N2O6. The van der Waals surface area contributed by atoms with E-state index in [1.165, 1.54) is 44.4 Å². The second-order valence-electron chi connectivity index (χ2n) is 6.45. The second-order valence-corrected chi connectivity index (χ2v) is 6.45. The van der Waals surface area contributed by atoms with Crippen molar-refractivity contribution in [3.8, 4) is 11.5 Å². The molecule has 0 bridgehead atoms. The van der Waals surface area contributed by atoms with Crippen LogP contribution in [0, 0.1) is 10.1 Å². The van der Waals surface area contributed by atoms with Gasteiger partial charge in [0.1, 0.15) is 0 Å². The zero-order chi connectivity index (χ0) is 21.6. The highest BCUT2D eigenvalue weighted by molar-refractivity contribution is 6.25. The molecule has 29 heavy (non-hydrogen) atoms. The SMILES string of the molecule is COc1cc(/C=C(\C(C)=O)C(=O)Nc2ccc([N+](=O)[O-])cc2)ccc1OC(C)C. The summed E-state index contributed by atoms with van der Waals surface area (Å²) in [7, 11) is 1.50. The van der Waals surface area contributed by atoms with Crippen LogP contribution in [-0.2, 0) is 9.59 Å². The van der Waals surface area contributed by atoms with Gasteiger partial charge in [-0.2, -0.15) is 0 Å². The quantitative estimate of drug-likeness (QED) is 0.237. The van der Waals surface area contributed by atoms with Crippen molar-refractivity contribution in [2.24, 2.45) is 0 Å². The maximum absolute atomic E-state index is 12.6. The summed E-state index contributed by atoms with van der Waals surface area (Å²) >= 11 is 0. The molecule has 0 heterocycles. The molecule has 0 spiro atoms. The molecule has 2 aromatic rings. The Balaban J connectivity index is 2.28. The molecule has 0 radical (unpaired) electrons. The number of hydrogen-bond donors (Lipinski definition) is 1. The van der Waals surface area contributed by atoms with Crippen molar-refractivity contribution in [2.45, 2.75) is 26.9 Å². The number of nitro benzene ring substituents is 1. The van der Waals surface area contributed by atoms with Gasteiger partial charge in [-0.3, -0.25) is 19.7 Å². The van der Waals surface area contributed by atoms with E-state index in [0.717, 1.165) is 0 Å². The average Bonchev–Trinajstić information content (AvgIpc) is 2.66. The molecule has 0 atom stereocenters. The molecule has 0 aromatic heterocycles. The number of methoxy groups -OCH3 is 1. The van der Waals surface area contributed by atoms with Crippen molar-refractivity contribution >= 4 is 29.1 Å². The van der Waals surface area contributed by atoms with Gasteiger partial charge in [0.15, 0.2) is 17.3 Å². The van der Waals surface area contributed by atoms with E-state index in [1.807, 2.05) is 13.8 Å². The lowest BCUT2D eigenvalue weighted by Crippen LogP contribution is -2.18. The molecule has 2 aromatic carbocycles. The molecule has 0 fully saturated rings. The molecule has 152 valence electrons. The van der Waals surface area contributed by atoms with E-state index in [2.05, 4.69) is 5.32 Å². The van der Waals surface area contributed by atoms with E-state index < -0.39 is 16.6 Å². The van der Waals surface area contributed by atoms with Crippen LogP contribution in [-0.4, -0.2) is 29.8 Å². The summed E-state index contributed by atoms with van der Waals surface area (Å²) in [5.41, 5.74) is 0.761. The molecule has 8 nitrogen and oxygen atoms in total. The van der Waals surface area contributed by atoms with Crippen molar-refractivity contribution in [1.29, 1.82) is 0 Å². The Morgan fingerprint density at radius 1 is 1.10 bits per heavy atom. The fraction of sp³-hybridized carbons (Fsp3) is 0.238. The van der Waals surface area contributed by atoms with Gasteiger partial charge in [0.25, 0.3) is 11.6 Å². The summed E-state index contributed by atoms with van der Waals surface area (Å²) in [6.45, 7) is 5.07. The molecule has 0 aliphatic carbocycles. The number of nitrogens with zero attached hydrogens (tertiary/aromatic N) is 1. The molecule has 8 heteroatoms. The van der Waals surface area contributed by atoms with Gasteiger partial charge < -0.3 is 14.8 Å². The minimum Gasteiger partial charge on any atom is -0.493 e. The van der Waals surface area contributed by atoms with Crippen LogP contribution in [0.4, 0.5) is 11.4 Å². The minimum atomic E-state index is -0.618. The Bertz CT molecular complexity index is 948. The van der Waals surface area contributed by atoms with E-state index >= 15 is 0 Å². The Morgan fingerprint density at radius 2 is 1.76 bits per heavy atom. The lowest BCUT2D eigenvalue weighted by Gasteiger charge is -2.14. The highest BCUT2D eigenvalue weighted by Gasteiger charge is 2.16. The Kier molecular flexibility index (Phi) is 7.08. The number of benzene rings is 2. The lowest BCUT2D eigenvalue weighted by molar-refractivity contribution is -0.384. The Hall–Kier alpha value is -3.68. The highest BCUT2D eigenvalue weighted by atomic mass is 16.6. The molecule has 0 saturated heterocycles. The number of non-ortho nitro benzene ring substituents is 1. The molecular weight excluding hydrogens is 376 g/mol. The fourth-order valence-electron chi connectivity index (χ4n) is 2.48. The number of amides is 1. The third kappa shape index (κ3) is 5.90. The van der Waals surface area contributed by atoms with Crippen LogP contribution in [0.5, 0.6) is 11.5 Å². The number of nitrogens with one attached hydrogen (secondary N) is 1. The highest BCUT2D eigenvalue weighted by Crippen LogP contribution is 2.30. The lowest BCUT2D eigenvalue weighted by atomic mass is 10.1. The van der Waals surface area contributed by atoms with E-state index in [4.69, 9.17) is 9.47 Å². The first-order chi connectivity index (χ1) is 13.7. The van der Waals surface area contributed by atoms with Crippen LogP contribution in [0.1, 0.15) is 26.3 Å². The van der Waals surface area contributed by atoms with E-state index in [1.54, 1.807) is 18.2 Å². The second kappa shape index (κ2) is 9.50. The van der Waals surface area contributed by atoms with Crippen LogP contribution in [0.2, 0.25) is 0 Å². The first kappa shape index (κ1) is 21.6. The normalized spacial score (nSPS) is 11.1. The zero-order valence-electron chi connectivity index (χ0n) is 16.6. The molecule has 0 aliphatic rings. The van der Waals surface area contributed by atoms with Crippen molar-refractivity contribution in [3.05, 3.63) is 63.7 Å². The van der Waals surface area contributed by atoms with Gasteiger partial charge in [0.2, 0.25) is 0 Å². The molecule has 1 amide bonds. The number of Topliss-reactive ketones (excluding diaryl/α,β-unsaturated/α-hetero) is 1. The van der Waals surface area contributed by atoms with Crippen LogP contribution >= 0.6 is 0 Å². The monoisotopic (exact) mass is 398 g/mol. The third-order valence-electron chi connectivity index (χ3n) is 3.82. The first-order valence-corrected chi connectivity index (χ1v) is 8.84. The van der Waals surface area contributed by atoms with Gasteiger partial charge in [-0.1, -0.05) is 6.07 Å². The number of nitro groups is 1. The molecule has 0 saturated carbocycles. The molecule has 0 aliphatic heterocycles. The van der Waals surface area contributed by atoms with Crippen LogP contribution in [0.25, 0.3) is 6.08 Å². The largest absolute Gasteiger partial charge is 0.493 e. The van der Waals surface area contributed by atoms with Gasteiger partial charge in [0, 0.05) is 17.8 Å². The number of ketones is 1. The summed E-state index contributed by atoms with van der Waals surface area (Å²) in [6.07, 6.45) is 1.41. The van der Waals surface area contributed by atoms with Gasteiger partial charge in [0.05, 0.1) is 23.7 Å². The number of hydrogen-bond acceptors (Lipinski definition) is 6. The summed E-state index contributed by atoms with van der Waals surface area (Å²) < 4.78 is 11.0. The van der Waals surface area contributed by atoms with Gasteiger partial charge in [-0.15, -0.1) is 0 Å². The topological polar surface area (TPSA) is 108 Å². The van der Waals surface area contributed by atoms with Crippen molar-refractivity contribution in [2.75, 3.05) is 12.4 Å². The smallest absolute Gasteiger partial charge is 0.269 e. The van der Waals surface area contributed by atoms with E-state index in [9.17, 15) is 19.7 Å². The van der Waals surface area contributed by atoms with Gasteiger partial charge in [-0.05, 0) is 56.7 Å². The number of anilines is 1. The predicted molar refractivity (Wildman–Crippen MR) is 109 cm³/mol. The van der Waals surface area contributed by atoms with E-state index in [0.29, 0.717) is 22.7 Å². The van der Waals surface area contributed by atoms with Crippen LogP contribution in [0.15, 0.2) is 48.0 Å². The van der Waals surface area contributed by atoms with Gasteiger partial charge in [-0.25, -0.2) is 0 Å². The molecule has 1 N–H and O–H groups in total. The fourth-order valence-corrected chi connectivity index (χ4v) is 2.48. The summed E-state index contributed by atoms with van der Waals surface area (Å²) in [5, 5.41) is 13.3. The average molecular weight is 398 g/mol. The standard InChI is InChI=1S/C21H22N2O6/c1-13(2)29-19-10-5-15(12-20(19)28-4)11-18(14(3)24)21(25)22-16-6-8-17(9-7-16)23(26)27/h5-13H,1-4H3,(H,22,25)/b18-11+. The maximum atomic E-state index is 12.6. The van der Waals surface area contributed by atoms with Crippen molar-refractivity contribution in [3.63, 3.8) is 0 Å². The summed E-state index contributed by atoms with van der Waals surface area (Å²) in [5.74, 6) is -0.0100. The first-order valence-electron chi connectivity index (χ1n) is 8.84. The minimum absolute atomic E-state index is 0.0365. The number of carbonyl (C=O) groups excluding carboxylic acids is 2.